The Morgan fingerprint density at radius 1 is 1.30 bits per heavy atom. The first kappa shape index (κ1) is 20.1. The predicted molar refractivity (Wildman–Crippen MR) is 113 cm³/mol. The number of rotatable bonds is 5. The Morgan fingerprint density at radius 2 is 2.03 bits per heavy atom. The van der Waals surface area contributed by atoms with E-state index in [1.165, 1.54) is 17.3 Å². The molecule has 0 aromatic carbocycles. The summed E-state index contributed by atoms with van der Waals surface area (Å²) in [6, 6.07) is 7.32. The lowest BCUT2D eigenvalue weighted by atomic mass is 9.83. The van der Waals surface area contributed by atoms with Crippen molar-refractivity contribution in [3.63, 3.8) is 0 Å². The van der Waals surface area contributed by atoms with Gasteiger partial charge in [-0.25, -0.2) is 9.97 Å². The molecule has 154 valence electrons. The van der Waals surface area contributed by atoms with Gasteiger partial charge in [0.1, 0.15) is 17.1 Å². The molecule has 2 aromatic rings. The van der Waals surface area contributed by atoms with Crippen LogP contribution < -0.4 is 10.2 Å². The van der Waals surface area contributed by atoms with E-state index in [9.17, 15) is 14.9 Å². The van der Waals surface area contributed by atoms with Crippen molar-refractivity contribution in [2.24, 2.45) is 11.3 Å². The van der Waals surface area contributed by atoms with Gasteiger partial charge in [-0.1, -0.05) is 11.6 Å². The van der Waals surface area contributed by atoms with Crippen molar-refractivity contribution in [3.8, 4) is 6.07 Å². The average molecular weight is 425 g/mol. The summed E-state index contributed by atoms with van der Waals surface area (Å²) in [6.45, 7) is 0.450. The first-order valence-corrected chi connectivity index (χ1v) is 10.1. The first-order chi connectivity index (χ1) is 14.4. The topological polar surface area (TPSA) is 102 Å². The van der Waals surface area contributed by atoms with Crippen molar-refractivity contribution < 1.29 is 9.59 Å². The minimum absolute atomic E-state index is 0.134. The summed E-state index contributed by atoms with van der Waals surface area (Å²) in [7, 11) is 3.36. The fourth-order valence-corrected chi connectivity index (χ4v) is 4.01. The van der Waals surface area contributed by atoms with Crippen LogP contribution in [0.3, 0.4) is 0 Å². The third kappa shape index (κ3) is 3.46. The predicted octanol–water partition coefficient (Wildman–Crippen LogP) is 3.23. The van der Waals surface area contributed by atoms with Gasteiger partial charge >= 0.3 is 0 Å². The Balaban J connectivity index is 1.55. The van der Waals surface area contributed by atoms with Gasteiger partial charge in [0.2, 0.25) is 5.91 Å². The largest absolute Gasteiger partial charge is 0.345 e. The minimum Gasteiger partial charge on any atom is -0.345 e. The van der Waals surface area contributed by atoms with E-state index in [-0.39, 0.29) is 17.7 Å². The number of aromatic nitrogens is 2. The number of nitrogens with one attached hydrogen (secondary N) is 1. The van der Waals surface area contributed by atoms with E-state index in [2.05, 4.69) is 21.4 Å². The Labute approximate surface area is 179 Å². The SMILES string of the molecule is CN(C)C(=O)c1ccc(Nc2cc(N3CC[C@@](C#N)(C4CC4)C3=O)c(Cl)cn2)nc1. The molecule has 8 nitrogen and oxygen atoms in total. The standard InChI is InChI=1S/C21H21ClN6O2/c1-27(2)19(29)13-3-6-17(24-10-13)26-18-9-16(15(22)11-25-18)28-8-7-21(12-23,20(28)30)14-4-5-14/h3,6,9-11,14H,4-5,7-8H2,1-2H3,(H,24,25,26)/t21-/m1/s1. The normalized spacial score (nSPS) is 20.7. The van der Waals surface area contributed by atoms with E-state index in [4.69, 9.17) is 11.6 Å². The van der Waals surface area contributed by atoms with Gasteiger partial charge in [0.25, 0.3) is 5.91 Å². The second-order valence-electron chi connectivity index (χ2n) is 7.84. The van der Waals surface area contributed by atoms with Gasteiger partial charge in [-0.05, 0) is 37.3 Å². The molecule has 4 rings (SSSR count). The van der Waals surface area contributed by atoms with Crippen molar-refractivity contribution in [2.45, 2.75) is 19.3 Å². The lowest BCUT2D eigenvalue weighted by Crippen LogP contribution is -2.35. The van der Waals surface area contributed by atoms with E-state index in [0.29, 0.717) is 40.9 Å². The van der Waals surface area contributed by atoms with E-state index in [1.54, 1.807) is 37.2 Å². The number of anilines is 3. The number of hydrogen-bond acceptors (Lipinski definition) is 6. The quantitative estimate of drug-likeness (QED) is 0.790. The third-order valence-electron chi connectivity index (χ3n) is 5.63. The molecule has 2 amide bonds. The Bertz CT molecular complexity index is 1040. The van der Waals surface area contributed by atoms with Crippen LogP contribution in [0.2, 0.25) is 5.02 Å². The van der Waals surface area contributed by atoms with Crippen molar-refractivity contribution in [1.82, 2.24) is 14.9 Å². The molecule has 1 N–H and O–H groups in total. The van der Waals surface area contributed by atoms with Crippen LogP contribution in [0.25, 0.3) is 0 Å². The number of carbonyl (C=O) groups excluding carboxylic acids is 2. The van der Waals surface area contributed by atoms with Crippen molar-refractivity contribution in [3.05, 3.63) is 41.2 Å². The highest BCUT2D eigenvalue weighted by molar-refractivity contribution is 6.34. The van der Waals surface area contributed by atoms with E-state index >= 15 is 0 Å². The second-order valence-corrected chi connectivity index (χ2v) is 8.25. The van der Waals surface area contributed by atoms with E-state index in [0.717, 1.165) is 12.8 Å². The molecule has 2 aromatic heterocycles. The van der Waals surface area contributed by atoms with Crippen molar-refractivity contribution >= 4 is 40.7 Å². The fourth-order valence-electron chi connectivity index (χ4n) is 3.80. The monoisotopic (exact) mass is 424 g/mol. The van der Waals surface area contributed by atoms with Gasteiger partial charge in [-0.2, -0.15) is 5.26 Å². The molecular weight excluding hydrogens is 404 g/mol. The van der Waals surface area contributed by atoms with Crippen molar-refractivity contribution in [2.75, 3.05) is 30.9 Å². The van der Waals surface area contributed by atoms with Crippen LogP contribution in [0.4, 0.5) is 17.3 Å². The van der Waals surface area contributed by atoms with Gasteiger partial charge in [0, 0.05) is 32.9 Å². The van der Waals surface area contributed by atoms with Crippen LogP contribution in [0, 0.1) is 22.7 Å². The van der Waals surface area contributed by atoms with E-state index < -0.39 is 5.41 Å². The van der Waals surface area contributed by atoms with Gasteiger partial charge < -0.3 is 15.1 Å². The molecule has 30 heavy (non-hydrogen) atoms. The Hall–Kier alpha value is -3.18. The highest BCUT2D eigenvalue weighted by Gasteiger charge is 2.57. The molecule has 1 saturated carbocycles. The Kier molecular flexibility index (Phi) is 5.08. The maximum Gasteiger partial charge on any atom is 0.254 e. The van der Waals surface area contributed by atoms with Crippen LogP contribution in [-0.2, 0) is 4.79 Å². The maximum absolute atomic E-state index is 13.1. The molecule has 2 fully saturated rings. The van der Waals surface area contributed by atoms with Gasteiger partial charge in [-0.15, -0.1) is 0 Å². The average Bonchev–Trinajstić information content (AvgIpc) is 3.54. The lowest BCUT2D eigenvalue weighted by molar-refractivity contribution is -0.123. The smallest absolute Gasteiger partial charge is 0.254 e. The first-order valence-electron chi connectivity index (χ1n) is 9.69. The molecule has 0 radical (unpaired) electrons. The van der Waals surface area contributed by atoms with Gasteiger partial charge in [0.05, 0.1) is 28.5 Å². The van der Waals surface area contributed by atoms with Gasteiger partial charge in [0.15, 0.2) is 0 Å². The summed E-state index contributed by atoms with van der Waals surface area (Å²) in [5, 5.41) is 13.1. The summed E-state index contributed by atoms with van der Waals surface area (Å²) < 4.78 is 0. The van der Waals surface area contributed by atoms with Crippen LogP contribution in [0.15, 0.2) is 30.6 Å². The maximum atomic E-state index is 13.1. The number of nitrogens with zero attached hydrogens (tertiary/aromatic N) is 5. The summed E-state index contributed by atoms with van der Waals surface area (Å²) >= 11 is 6.34. The van der Waals surface area contributed by atoms with Crippen LogP contribution in [-0.4, -0.2) is 47.3 Å². The molecule has 0 unspecified atom stereocenters. The van der Waals surface area contributed by atoms with Crippen molar-refractivity contribution in [1.29, 1.82) is 5.26 Å². The molecule has 1 atom stereocenters. The Morgan fingerprint density at radius 3 is 2.63 bits per heavy atom. The highest BCUT2D eigenvalue weighted by atomic mass is 35.5. The summed E-state index contributed by atoms with van der Waals surface area (Å²) in [4.78, 5) is 36.6. The second kappa shape index (κ2) is 7.58. The molecule has 2 aliphatic rings. The highest BCUT2D eigenvalue weighted by Crippen LogP contribution is 2.52. The molecular formula is C21H21ClN6O2. The fraction of sp³-hybridized carbons (Fsp3) is 0.381. The minimum atomic E-state index is -0.934. The summed E-state index contributed by atoms with van der Waals surface area (Å²) in [5.41, 5.74) is 0.0681. The van der Waals surface area contributed by atoms with Crippen LogP contribution in [0.1, 0.15) is 29.6 Å². The number of amides is 2. The lowest BCUT2D eigenvalue weighted by Gasteiger charge is -2.22. The molecule has 1 aliphatic carbocycles. The summed E-state index contributed by atoms with van der Waals surface area (Å²) in [5.74, 6) is 0.789. The van der Waals surface area contributed by atoms with E-state index in [1.807, 2.05) is 0 Å². The van der Waals surface area contributed by atoms with Crippen LogP contribution in [0.5, 0.6) is 0 Å². The zero-order valence-corrected chi connectivity index (χ0v) is 17.5. The molecule has 0 spiro atoms. The molecule has 9 heteroatoms. The zero-order chi connectivity index (χ0) is 21.5. The number of hydrogen-bond donors (Lipinski definition) is 1. The molecule has 1 aliphatic heterocycles. The number of pyridine rings is 2. The zero-order valence-electron chi connectivity index (χ0n) is 16.7. The molecule has 3 heterocycles. The third-order valence-corrected chi connectivity index (χ3v) is 5.92. The molecule has 1 saturated heterocycles. The summed E-state index contributed by atoms with van der Waals surface area (Å²) in [6.07, 6.45) is 5.31. The molecule has 0 bridgehead atoms. The number of carbonyl (C=O) groups is 2. The van der Waals surface area contributed by atoms with Gasteiger partial charge in [-0.3, -0.25) is 9.59 Å². The van der Waals surface area contributed by atoms with Crippen LogP contribution >= 0.6 is 11.6 Å². The number of halogens is 1. The number of nitriles is 1.